The van der Waals surface area contributed by atoms with Crippen molar-refractivity contribution in [1.82, 2.24) is 0 Å². The van der Waals surface area contributed by atoms with Gasteiger partial charge in [-0.05, 0) is 55.0 Å². The van der Waals surface area contributed by atoms with Crippen LogP contribution >= 0.6 is 0 Å². The summed E-state index contributed by atoms with van der Waals surface area (Å²) in [6.45, 7) is 2.41. The summed E-state index contributed by atoms with van der Waals surface area (Å²) >= 11 is 0. The molecule has 2 aromatic rings. The van der Waals surface area contributed by atoms with Gasteiger partial charge in [0.15, 0.2) is 11.5 Å². The molecule has 0 aliphatic rings. The third-order valence-corrected chi connectivity index (χ3v) is 3.49. The van der Waals surface area contributed by atoms with E-state index < -0.39 is 5.97 Å². The maximum atomic E-state index is 12.0. The summed E-state index contributed by atoms with van der Waals surface area (Å²) in [7, 11) is 2.89. The second-order valence-corrected chi connectivity index (χ2v) is 5.23. The van der Waals surface area contributed by atoms with Gasteiger partial charge in [-0.25, -0.2) is 4.79 Å². The molecule has 0 radical (unpaired) electrons. The lowest BCUT2D eigenvalue weighted by atomic mass is 10.2. The molecule has 0 fully saturated rings. The number of esters is 1. The normalized spacial score (nSPS) is 10.4. The first kappa shape index (κ1) is 19.1. The number of hydrogen-bond donors (Lipinski definition) is 1. The van der Waals surface area contributed by atoms with Crippen LogP contribution in [-0.4, -0.2) is 32.7 Å². The molecule has 0 aliphatic heterocycles. The SMILES string of the molecule is CCOc1cc(/C=C/C(=O)Nc2ccc(C(=O)OC)cc2)ccc1OC. The minimum Gasteiger partial charge on any atom is -0.493 e. The zero-order valence-electron chi connectivity index (χ0n) is 14.9. The Morgan fingerprint density at radius 3 is 2.38 bits per heavy atom. The highest BCUT2D eigenvalue weighted by atomic mass is 16.5. The van der Waals surface area contributed by atoms with E-state index in [1.165, 1.54) is 13.2 Å². The number of carbonyl (C=O) groups is 2. The predicted octanol–water partition coefficient (Wildman–Crippen LogP) is 3.53. The van der Waals surface area contributed by atoms with Crippen LogP contribution < -0.4 is 14.8 Å². The zero-order chi connectivity index (χ0) is 18.9. The number of benzene rings is 2. The van der Waals surface area contributed by atoms with Gasteiger partial charge < -0.3 is 19.5 Å². The minimum atomic E-state index is -0.424. The van der Waals surface area contributed by atoms with E-state index in [1.54, 1.807) is 49.6 Å². The summed E-state index contributed by atoms with van der Waals surface area (Å²) < 4.78 is 15.4. The number of amides is 1. The molecule has 0 bridgehead atoms. The monoisotopic (exact) mass is 355 g/mol. The quantitative estimate of drug-likeness (QED) is 0.607. The van der Waals surface area contributed by atoms with Gasteiger partial charge in [-0.15, -0.1) is 0 Å². The van der Waals surface area contributed by atoms with Crippen LogP contribution in [-0.2, 0) is 9.53 Å². The van der Waals surface area contributed by atoms with Crippen molar-refractivity contribution in [2.75, 3.05) is 26.1 Å². The van der Waals surface area contributed by atoms with Crippen molar-refractivity contribution >= 4 is 23.6 Å². The Balaban J connectivity index is 2.03. The van der Waals surface area contributed by atoms with Gasteiger partial charge in [-0.2, -0.15) is 0 Å². The number of nitrogens with one attached hydrogen (secondary N) is 1. The lowest BCUT2D eigenvalue weighted by Gasteiger charge is -2.09. The molecule has 0 saturated carbocycles. The fourth-order valence-electron chi connectivity index (χ4n) is 2.23. The molecule has 0 unspecified atom stereocenters. The van der Waals surface area contributed by atoms with Gasteiger partial charge in [0.05, 0.1) is 26.4 Å². The third kappa shape index (κ3) is 5.11. The van der Waals surface area contributed by atoms with Gasteiger partial charge in [0, 0.05) is 11.8 Å². The van der Waals surface area contributed by atoms with E-state index in [1.807, 2.05) is 13.0 Å². The summed E-state index contributed by atoms with van der Waals surface area (Å²) in [5.41, 5.74) is 1.81. The standard InChI is InChI=1S/C20H21NO5/c1-4-26-18-13-14(5-11-17(18)24-2)6-12-19(22)21-16-9-7-15(8-10-16)20(23)25-3/h5-13H,4H2,1-3H3,(H,21,22)/b12-6+. The number of carbonyl (C=O) groups excluding carboxylic acids is 2. The average Bonchev–Trinajstić information content (AvgIpc) is 2.67. The van der Waals surface area contributed by atoms with Gasteiger partial charge in [-0.3, -0.25) is 4.79 Å². The molecule has 0 heterocycles. The number of methoxy groups -OCH3 is 2. The molecule has 0 atom stereocenters. The van der Waals surface area contributed by atoms with E-state index in [4.69, 9.17) is 9.47 Å². The van der Waals surface area contributed by atoms with Crippen molar-refractivity contribution < 1.29 is 23.8 Å². The fourth-order valence-corrected chi connectivity index (χ4v) is 2.23. The molecular formula is C20H21NO5. The van der Waals surface area contributed by atoms with Crippen molar-refractivity contribution in [1.29, 1.82) is 0 Å². The van der Waals surface area contributed by atoms with Crippen LogP contribution in [0.25, 0.3) is 6.08 Å². The average molecular weight is 355 g/mol. The van der Waals surface area contributed by atoms with Gasteiger partial charge in [0.2, 0.25) is 5.91 Å². The van der Waals surface area contributed by atoms with Crippen molar-refractivity contribution in [3.8, 4) is 11.5 Å². The zero-order valence-corrected chi connectivity index (χ0v) is 14.9. The lowest BCUT2D eigenvalue weighted by Crippen LogP contribution is -2.08. The van der Waals surface area contributed by atoms with E-state index >= 15 is 0 Å². The van der Waals surface area contributed by atoms with Crippen LogP contribution in [0.4, 0.5) is 5.69 Å². The summed E-state index contributed by atoms with van der Waals surface area (Å²) in [6.07, 6.45) is 3.10. The first-order valence-electron chi connectivity index (χ1n) is 8.05. The molecular weight excluding hydrogens is 334 g/mol. The highest BCUT2D eigenvalue weighted by molar-refractivity contribution is 6.02. The Bertz CT molecular complexity index is 796. The summed E-state index contributed by atoms with van der Waals surface area (Å²) in [5.74, 6) is 0.548. The Morgan fingerprint density at radius 2 is 1.77 bits per heavy atom. The Kier molecular flexibility index (Phi) is 6.79. The Hall–Kier alpha value is -3.28. The van der Waals surface area contributed by atoms with Crippen molar-refractivity contribution in [3.05, 3.63) is 59.7 Å². The second-order valence-electron chi connectivity index (χ2n) is 5.23. The molecule has 136 valence electrons. The highest BCUT2D eigenvalue weighted by Crippen LogP contribution is 2.28. The number of rotatable bonds is 7. The van der Waals surface area contributed by atoms with Crippen LogP contribution in [0.15, 0.2) is 48.5 Å². The first-order valence-corrected chi connectivity index (χ1v) is 8.05. The van der Waals surface area contributed by atoms with Gasteiger partial charge >= 0.3 is 5.97 Å². The Morgan fingerprint density at radius 1 is 1.04 bits per heavy atom. The third-order valence-electron chi connectivity index (χ3n) is 3.49. The number of anilines is 1. The van der Waals surface area contributed by atoms with E-state index in [0.717, 1.165) is 5.56 Å². The number of ether oxygens (including phenoxy) is 3. The molecule has 0 aromatic heterocycles. The smallest absolute Gasteiger partial charge is 0.337 e. The minimum absolute atomic E-state index is 0.287. The Labute approximate surface area is 152 Å². The first-order chi connectivity index (χ1) is 12.6. The van der Waals surface area contributed by atoms with Gasteiger partial charge in [-0.1, -0.05) is 6.07 Å². The summed E-state index contributed by atoms with van der Waals surface area (Å²) in [6, 6.07) is 11.9. The largest absolute Gasteiger partial charge is 0.493 e. The molecule has 0 saturated heterocycles. The van der Waals surface area contributed by atoms with E-state index in [-0.39, 0.29) is 5.91 Å². The van der Waals surface area contributed by atoms with Crippen LogP contribution in [0.1, 0.15) is 22.8 Å². The molecule has 26 heavy (non-hydrogen) atoms. The molecule has 2 aromatic carbocycles. The molecule has 0 spiro atoms. The van der Waals surface area contributed by atoms with E-state index in [2.05, 4.69) is 10.1 Å². The molecule has 6 heteroatoms. The molecule has 1 N–H and O–H groups in total. The molecule has 2 rings (SSSR count). The molecule has 0 aliphatic carbocycles. The highest BCUT2D eigenvalue weighted by Gasteiger charge is 2.06. The predicted molar refractivity (Wildman–Crippen MR) is 99.6 cm³/mol. The van der Waals surface area contributed by atoms with E-state index in [0.29, 0.717) is 29.4 Å². The van der Waals surface area contributed by atoms with Gasteiger partial charge in [0.1, 0.15) is 0 Å². The lowest BCUT2D eigenvalue weighted by molar-refractivity contribution is -0.111. The summed E-state index contributed by atoms with van der Waals surface area (Å²) in [4.78, 5) is 23.4. The fraction of sp³-hybridized carbons (Fsp3) is 0.200. The number of hydrogen-bond acceptors (Lipinski definition) is 5. The second kappa shape index (κ2) is 9.27. The van der Waals surface area contributed by atoms with Crippen LogP contribution in [0.2, 0.25) is 0 Å². The van der Waals surface area contributed by atoms with Crippen molar-refractivity contribution in [2.24, 2.45) is 0 Å². The van der Waals surface area contributed by atoms with Crippen molar-refractivity contribution in [3.63, 3.8) is 0 Å². The topological polar surface area (TPSA) is 73.9 Å². The van der Waals surface area contributed by atoms with Crippen LogP contribution in [0.3, 0.4) is 0 Å². The molecule has 6 nitrogen and oxygen atoms in total. The maximum absolute atomic E-state index is 12.0. The summed E-state index contributed by atoms with van der Waals surface area (Å²) in [5, 5.41) is 2.72. The molecule has 1 amide bonds. The van der Waals surface area contributed by atoms with Crippen LogP contribution in [0, 0.1) is 0 Å². The van der Waals surface area contributed by atoms with Crippen LogP contribution in [0.5, 0.6) is 11.5 Å². The van der Waals surface area contributed by atoms with Gasteiger partial charge in [0.25, 0.3) is 0 Å². The van der Waals surface area contributed by atoms with E-state index in [9.17, 15) is 9.59 Å². The van der Waals surface area contributed by atoms with Crippen molar-refractivity contribution in [2.45, 2.75) is 6.92 Å². The maximum Gasteiger partial charge on any atom is 0.337 e.